The van der Waals surface area contributed by atoms with Gasteiger partial charge in [0.1, 0.15) is 6.10 Å². The number of piperidine rings is 1. The molecule has 148 valence electrons. The standard InChI is InChI=1S/C23H24N4O2/c1-16-10-13-24-21(14-16)29-18-9-8-17(2)27(15-18)23(28)20-7-4-3-6-19(20)22-25-11-5-12-26-22/h3-7,10-14,17-18H,8-9,15H2,1-2H3. The number of pyridine rings is 1. The number of hydrogen-bond donors (Lipinski definition) is 0. The van der Waals surface area contributed by atoms with E-state index in [1.54, 1.807) is 24.7 Å². The van der Waals surface area contributed by atoms with Crippen molar-refractivity contribution in [1.82, 2.24) is 19.9 Å². The van der Waals surface area contributed by atoms with Gasteiger partial charge >= 0.3 is 0 Å². The zero-order valence-corrected chi connectivity index (χ0v) is 16.7. The van der Waals surface area contributed by atoms with Crippen molar-refractivity contribution < 1.29 is 9.53 Å². The van der Waals surface area contributed by atoms with Crippen LogP contribution in [0.5, 0.6) is 5.88 Å². The second-order valence-corrected chi connectivity index (χ2v) is 7.41. The molecule has 6 nitrogen and oxygen atoms in total. The van der Waals surface area contributed by atoms with Crippen LogP contribution in [0.2, 0.25) is 0 Å². The summed E-state index contributed by atoms with van der Waals surface area (Å²) in [4.78, 5) is 28.3. The zero-order chi connectivity index (χ0) is 20.2. The van der Waals surface area contributed by atoms with Crippen molar-refractivity contribution >= 4 is 5.91 Å². The minimum absolute atomic E-state index is 0.0222. The van der Waals surface area contributed by atoms with Crippen molar-refractivity contribution in [2.45, 2.75) is 38.8 Å². The molecule has 4 rings (SSSR count). The van der Waals surface area contributed by atoms with Crippen molar-refractivity contribution in [3.8, 4) is 17.3 Å². The van der Waals surface area contributed by atoms with Crippen LogP contribution < -0.4 is 4.74 Å². The SMILES string of the molecule is Cc1ccnc(OC2CCC(C)N(C(=O)c3ccccc3-c3ncccn3)C2)c1. The second-order valence-electron chi connectivity index (χ2n) is 7.41. The summed E-state index contributed by atoms with van der Waals surface area (Å²) < 4.78 is 6.09. The number of carbonyl (C=O) groups excluding carboxylic acids is 1. The van der Waals surface area contributed by atoms with E-state index in [0.29, 0.717) is 23.8 Å². The van der Waals surface area contributed by atoms with Crippen LogP contribution in [0.1, 0.15) is 35.7 Å². The van der Waals surface area contributed by atoms with Crippen molar-refractivity contribution in [3.63, 3.8) is 0 Å². The first-order valence-electron chi connectivity index (χ1n) is 9.88. The Kier molecular flexibility index (Phi) is 5.51. The van der Waals surface area contributed by atoms with Crippen LogP contribution in [0.4, 0.5) is 0 Å². The van der Waals surface area contributed by atoms with Gasteiger partial charge in [0.05, 0.1) is 12.1 Å². The highest BCUT2D eigenvalue weighted by Crippen LogP contribution is 2.26. The number of nitrogens with zero attached hydrogens (tertiary/aromatic N) is 4. The Labute approximate surface area is 170 Å². The molecule has 2 unspecified atom stereocenters. The Morgan fingerprint density at radius 3 is 2.62 bits per heavy atom. The van der Waals surface area contributed by atoms with Gasteiger partial charge in [-0.15, -0.1) is 0 Å². The third kappa shape index (κ3) is 4.26. The van der Waals surface area contributed by atoms with Crippen molar-refractivity contribution in [3.05, 3.63) is 72.2 Å². The summed E-state index contributed by atoms with van der Waals surface area (Å²) in [6.07, 6.45) is 6.81. The number of likely N-dealkylation sites (tertiary alicyclic amines) is 1. The van der Waals surface area contributed by atoms with Crippen molar-refractivity contribution in [2.75, 3.05) is 6.54 Å². The molecule has 0 saturated carbocycles. The molecule has 29 heavy (non-hydrogen) atoms. The van der Waals surface area contributed by atoms with Crippen molar-refractivity contribution in [1.29, 1.82) is 0 Å². The van der Waals surface area contributed by atoms with E-state index in [2.05, 4.69) is 21.9 Å². The molecule has 2 atom stereocenters. The predicted molar refractivity (Wildman–Crippen MR) is 111 cm³/mol. The highest BCUT2D eigenvalue weighted by molar-refractivity contribution is 6.00. The van der Waals surface area contributed by atoms with Gasteiger partial charge in [-0.1, -0.05) is 18.2 Å². The molecule has 1 aliphatic rings. The topological polar surface area (TPSA) is 68.2 Å². The predicted octanol–water partition coefficient (Wildman–Crippen LogP) is 3.92. The maximum absolute atomic E-state index is 13.5. The van der Waals surface area contributed by atoms with E-state index in [4.69, 9.17) is 4.74 Å². The molecule has 3 heterocycles. The molecule has 3 aromatic rings. The first-order chi connectivity index (χ1) is 14.1. The third-order valence-electron chi connectivity index (χ3n) is 5.24. The van der Waals surface area contributed by atoms with Gasteiger partial charge in [0.25, 0.3) is 5.91 Å². The van der Waals surface area contributed by atoms with Crippen LogP contribution in [0.3, 0.4) is 0 Å². The molecule has 1 saturated heterocycles. The first-order valence-corrected chi connectivity index (χ1v) is 9.88. The van der Waals surface area contributed by atoms with Gasteiger partial charge in [-0.25, -0.2) is 15.0 Å². The van der Waals surface area contributed by atoms with Gasteiger partial charge in [-0.05, 0) is 50.5 Å². The van der Waals surface area contributed by atoms with Gasteiger partial charge in [-0.3, -0.25) is 4.79 Å². The van der Waals surface area contributed by atoms with Crippen LogP contribution in [0.15, 0.2) is 61.1 Å². The number of aryl methyl sites for hydroxylation is 1. The molecule has 1 fully saturated rings. The summed E-state index contributed by atoms with van der Waals surface area (Å²) in [6, 6.07) is 13.3. The van der Waals surface area contributed by atoms with Gasteiger partial charge in [0.15, 0.2) is 5.82 Å². The summed E-state index contributed by atoms with van der Waals surface area (Å²) >= 11 is 0. The molecule has 2 aromatic heterocycles. The Hall–Kier alpha value is -3.28. The number of hydrogen-bond acceptors (Lipinski definition) is 5. The minimum atomic E-state index is -0.0791. The normalized spacial score (nSPS) is 19.0. The lowest BCUT2D eigenvalue weighted by molar-refractivity contribution is 0.0373. The fourth-order valence-electron chi connectivity index (χ4n) is 3.65. The molecule has 0 aliphatic carbocycles. The van der Waals surface area contributed by atoms with E-state index in [9.17, 15) is 4.79 Å². The molecule has 0 N–H and O–H groups in total. The Bertz CT molecular complexity index is 993. The fraction of sp³-hybridized carbons (Fsp3) is 0.304. The number of carbonyl (C=O) groups is 1. The molecular formula is C23H24N4O2. The molecule has 0 radical (unpaired) electrons. The Balaban J connectivity index is 1.56. The number of benzene rings is 1. The zero-order valence-electron chi connectivity index (χ0n) is 16.7. The number of ether oxygens (including phenoxy) is 1. The summed E-state index contributed by atoms with van der Waals surface area (Å²) in [5, 5.41) is 0. The molecule has 6 heteroatoms. The van der Waals surface area contributed by atoms with Gasteiger partial charge in [0.2, 0.25) is 5.88 Å². The van der Waals surface area contributed by atoms with Crippen LogP contribution in [-0.2, 0) is 0 Å². The lowest BCUT2D eigenvalue weighted by atomic mass is 9.98. The second kappa shape index (κ2) is 8.39. The summed E-state index contributed by atoms with van der Waals surface area (Å²) in [7, 11) is 0. The van der Waals surface area contributed by atoms with Crippen LogP contribution in [0, 0.1) is 6.92 Å². The number of rotatable bonds is 4. The van der Waals surface area contributed by atoms with E-state index in [0.717, 1.165) is 24.0 Å². The van der Waals surface area contributed by atoms with E-state index in [1.165, 1.54) is 0 Å². The molecule has 0 spiro atoms. The van der Waals surface area contributed by atoms with Crippen molar-refractivity contribution in [2.24, 2.45) is 0 Å². The molecular weight excluding hydrogens is 364 g/mol. The van der Waals surface area contributed by atoms with Crippen LogP contribution in [-0.4, -0.2) is 44.4 Å². The largest absolute Gasteiger partial charge is 0.472 e. The fourth-order valence-corrected chi connectivity index (χ4v) is 3.65. The first kappa shape index (κ1) is 19.1. The number of amides is 1. The Morgan fingerprint density at radius 2 is 1.83 bits per heavy atom. The van der Waals surface area contributed by atoms with E-state index >= 15 is 0 Å². The van der Waals surface area contributed by atoms with Crippen LogP contribution in [0.25, 0.3) is 11.4 Å². The maximum Gasteiger partial charge on any atom is 0.254 e. The summed E-state index contributed by atoms with van der Waals surface area (Å²) in [6.45, 7) is 4.62. The van der Waals surface area contributed by atoms with Gasteiger partial charge in [-0.2, -0.15) is 0 Å². The molecule has 1 amide bonds. The molecule has 1 aliphatic heterocycles. The highest BCUT2D eigenvalue weighted by Gasteiger charge is 2.32. The summed E-state index contributed by atoms with van der Waals surface area (Å²) in [5.74, 6) is 1.14. The quantitative estimate of drug-likeness (QED) is 0.678. The highest BCUT2D eigenvalue weighted by atomic mass is 16.5. The lowest BCUT2D eigenvalue weighted by Gasteiger charge is -2.38. The average Bonchev–Trinajstić information content (AvgIpc) is 2.75. The monoisotopic (exact) mass is 388 g/mol. The Morgan fingerprint density at radius 1 is 1.03 bits per heavy atom. The van der Waals surface area contributed by atoms with E-state index in [-0.39, 0.29) is 18.1 Å². The minimum Gasteiger partial charge on any atom is -0.472 e. The average molecular weight is 388 g/mol. The maximum atomic E-state index is 13.5. The van der Waals surface area contributed by atoms with Gasteiger partial charge < -0.3 is 9.64 Å². The van der Waals surface area contributed by atoms with E-state index < -0.39 is 0 Å². The van der Waals surface area contributed by atoms with E-state index in [1.807, 2.05) is 48.2 Å². The van der Waals surface area contributed by atoms with Gasteiger partial charge in [0, 0.05) is 36.3 Å². The smallest absolute Gasteiger partial charge is 0.254 e. The summed E-state index contributed by atoms with van der Waals surface area (Å²) in [5.41, 5.74) is 2.46. The third-order valence-corrected chi connectivity index (χ3v) is 5.24. The number of aromatic nitrogens is 3. The molecule has 0 bridgehead atoms. The molecule has 1 aromatic carbocycles. The lowest BCUT2D eigenvalue weighted by Crippen LogP contribution is -2.49. The van der Waals surface area contributed by atoms with Crippen LogP contribution >= 0.6 is 0 Å².